The summed E-state index contributed by atoms with van der Waals surface area (Å²) in [5.41, 5.74) is -5.60. The fourth-order valence-electron chi connectivity index (χ4n) is 1.43. The minimum atomic E-state index is -6.48. The molecule has 1 radical (unpaired) electrons. The SMILES string of the molecule is CC(=O)C(C(=O)C(F)(F)F)(C(=O)C(F)(F)F)C(=O)C(F)(F)F.[Eu]. The topological polar surface area (TPSA) is 68.3 Å². The van der Waals surface area contributed by atoms with Gasteiger partial charge in [0, 0.05) is 49.4 Å². The maximum atomic E-state index is 12.3. The van der Waals surface area contributed by atoms with Gasteiger partial charge in [-0.3, -0.25) is 19.2 Å². The zero-order valence-electron chi connectivity index (χ0n) is 10.4. The zero-order valence-corrected chi connectivity index (χ0v) is 12.8. The first-order valence-corrected chi connectivity index (χ1v) is 4.77. The number of alkyl halides is 9. The van der Waals surface area contributed by atoms with E-state index < -0.39 is 47.1 Å². The molecule has 4 nitrogen and oxygen atoms in total. The van der Waals surface area contributed by atoms with Gasteiger partial charge in [0.15, 0.2) is 5.78 Å². The molecule has 0 saturated heterocycles. The minimum Gasteiger partial charge on any atom is -0.298 e. The van der Waals surface area contributed by atoms with E-state index in [-0.39, 0.29) is 56.3 Å². The average molecular weight is 498 g/mol. The molecule has 0 aliphatic rings. The van der Waals surface area contributed by atoms with Gasteiger partial charge in [-0.2, -0.15) is 39.5 Å². The van der Waals surface area contributed by atoms with Crippen LogP contribution in [0.15, 0.2) is 0 Å². The van der Waals surface area contributed by atoms with E-state index in [9.17, 15) is 58.7 Å². The number of ketones is 4. The molecule has 0 unspecified atom stereocenters. The first-order chi connectivity index (χ1) is 9.41. The van der Waals surface area contributed by atoms with Gasteiger partial charge in [0.25, 0.3) is 17.3 Å². The summed E-state index contributed by atoms with van der Waals surface area (Å²) in [5.74, 6) is -15.0. The van der Waals surface area contributed by atoms with Crippen LogP contribution in [0.1, 0.15) is 6.92 Å². The van der Waals surface area contributed by atoms with Gasteiger partial charge >= 0.3 is 18.5 Å². The molecule has 0 aromatic heterocycles. The van der Waals surface area contributed by atoms with E-state index in [0.717, 1.165) is 0 Å². The van der Waals surface area contributed by atoms with Crippen LogP contribution >= 0.6 is 0 Å². The fraction of sp³-hybridized carbons (Fsp3) is 0.556. The van der Waals surface area contributed by atoms with E-state index in [1.807, 2.05) is 0 Å². The minimum absolute atomic E-state index is 0. The second-order valence-electron chi connectivity index (χ2n) is 3.79. The molecular formula is C9H3EuF9O4. The molecule has 23 heavy (non-hydrogen) atoms. The van der Waals surface area contributed by atoms with Crippen LogP contribution < -0.4 is 0 Å². The van der Waals surface area contributed by atoms with Crippen molar-refractivity contribution < 1.29 is 108 Å². The Morgan fingerprint density at radius 2 is 0.739 bits per heavy atom. The average Bonchev–Trinajstić information content (AvgIpc) is 2.25. The Kier molecular flexibility index (Phi) is 7.85. The molecule has 0 atom stereocenters. The van der Waals surface area contributed by atoms with Crippen LogP contribution in [0.25, 0.3) is 0 Å². The van der Waals surface area contributed by atoms with Crippen LogP contribution in [0.4, 0.5) is 39.5 Å². The summed E-state index contributed by atoms with van der Waals surface area (Å²) >= 11 is 0. The van der Waals surface area contributed by atoms with E-state index in [1.54, 1.807) is 0 Å². The Balaban J connectivity index is 0. The molecule has 0 amide bonds. The van der Waals surface area contributed by atoms with Crippen LogP contribution in [0.2, 0.25) is 0 Å². The molecule has 0 aliphatic heterocycles. The third-order valence-corrected chi connectivity index (χ3v) is 2.32. The second-order valence-corrected chi connectivity index (χ2v) is 3.79. The van der Waals surface area contributed by atoms with Crippen molar-refractivity contribution >= 4 is 23.1 Å². The third kappa shape index (κ3) is 4.81. The first kappa shape index (κ1) is 24.9. The maximum absolute atomic E-state index is 12.3. The molecule has 133 valence electrons. The van der Waals surface area contributed by atoms with Crippen molar-refractivity contribution in [2.24, 2.45) is 5.41 Å². The number of hydrogen-bond donors (Lipinski definition) is 0. The van der Waals surface area contributed by atoms with Gasteiger partial charge in [-0.1, -0.05) is 0 Å². The molecule has 0 aromatic rings. The Morgan fingerprint density at radius 1 is 0.565 bits per heavy atom. The molecular weight excluding hydrogens is 495 g/mol. The monoisotopic (exact) mass is 499 g/mol. The quantitative estimate of drug-likeness (QED) is 0.440. The number of halogens is 9. The van der Waals surface area contributed by atoms with Crippen LogP contribution in [-0.4, -0.2) is 41.7 Å². The summed E-state index contributed by atoms with van der Waals surface area (Å²) in [6.45, 7) is -0.336. The summed E-state index contributed by atoms with van der Waals surface area (Å²) < 4.78 is 110. The molecule has 0 heterocycles. The van der Waals surface area contributed by atoms with E-state index in [1.165, 1.54) is 0 Å². The molecule has 0 bridgehead atoms. The summed E-state index contributed by atoms with van der Waals surface area (Å²) in [7, 11) is 0. The number of Topliss-reactive ketones (excluding diaryl/α,β-unsaturated/α-hetero) is 4. The van der Waals surface area contributed by atoms with Crippen molar-refractivity contribution in [3.8, 4) is 0 Å². The van der Waals surface area contributed by atoms with Crippen molar-refractivity contribution in [3.05, 3.63) is 0 Å². The molecule has 0 spiro atoms. The summed E-state index contributed by atoms with van der Waals surface area (Å²) in [4.78, 5) is 43.7. The first-order valence-electron chi connectivity index (χ1n) is 4.77. The molecule has 0 aromatic carbocycles. The van der Waals surface area contributed by atoms with E-state index in [0.29, 0.717) is 0 Å². The number of carbonyl (C=O) groups is 4. The Morgan fingerprint density at radius 3 is 0.826 bits per heavy atom. The van der Waals surface area contributed by atoms with Gasteiger partial charge in [0.2, 0.25) is 5.41 Å². The maximum Gasteiger partial charge on any atom is 0.452 e. The van der Waals surface area contributed by atoms with Crippen molar-refractivity contribution in [1.29, 1.82) is 0 Å². The third-order valence-electron chi connectivity index (χ3n) is 2.32. The summed E-state index contributed by atoms with van der Waals surface area (Å²) in [6, 6.07) is 0. The fourth-order valence-corrected chi connectivity index (χ4v) is 1.43. The predicted octanol–water partition coefficient (Wildman–Crippen LogP) is 1.96. The standard InChI is InChI=1S/C9H3F9O4.Eu/c1-2(19)6(3(20)7(10,11)12,4(21)8(13,14)15)5(22)9(16,17)18;/h1H3;. The second kappa shape index (κ2) is 7.25. The summed E-state index contributed by atoms with van der Waals surface area (Å²) in [5, 5.41) is 0. The van der Waals surface area contributed by atoms with Gasteiger partial charge < -0.3 is 0 Å². The van der Waals surface area contributed by atoms with E-state index in [2.05, 4.69) is 0 Å². The normalized spacial score (nSPS) is 13.1. The molecule has 0 N–H and O–H groups in total. The molecule has 0 aliphatic carbocycles. The number of rotatable bonds is 4. The number of carbonyl (C=O) groups excluding carboxylic acids is 4. The molecule has 0 rings (SSSR count). The van der Waals surface area contributed by atoms with Crippen LogP contribution in [-0.2, 0) is 19.2 Å². The smallest absolute Gasteiger partial charge is 0.298 e. The van der Waals surface area contributed by atoms with Crippen LogP contribution in [0.3, 0.4) is 0 Å². The Bertz CT molecular complexity index is 464. The predicted molar refractivity (Wildman–Crippen MR) is 46.3 cm³/mol. The van der Waals surface area contributed by atoms with Crippen molar-refractivity contribution in [1.82, 2.24) is 0 Å². The molecule has 0 fully saturated rings. The van der Waals surface area contributed by atoms with Gasteiger partial charge in [-0.15, -0.1) is 0 Å². The van der Waals surface area contributed by atoms with E-state index >= 15 is 0 Å². The zero-order chi connectivity index (χ0) is 18.3. The molecule has 0 saturated carbocycles. The largest absolute Gasteiger partial charge is 0.452 e. The van der Waals surface area contributed by atoms with Crippen molar-refractivity contribution in [2.45, 2.75) is 25.5 Å². The number of hydrogen-bond acceptors (Lipinski definition) is 4. The molecule has 14 heteroatoms. The van der Waals surface area contributed by atoms with Crippen LogP contribution in [0, 0.1) is 54.8 Å². The van der Waals surface area contributed by atoms with Crippen LogP contribution in [0.5, 0.6) is 0 Å². The Hall–Kier alpha value is -0.366. The van der Waals surface area contributed by atoms with Gasteiger partial charge in [0.05, 0.1) is 0 Å². The van der Waals surface area contributed by atoms with Gasteiger partial charge in [-0.25, -0.2) is 0 Å². The van der Waals surface area contributed by atoms with Gasteiger partial charge in [-0.05, 0) is 6.92 Å². The van der Waals surface area contributed by atoms with E-state index in [4.69, 9.17) is 0 Å². The van der Waals surface area contributed by atoms with Crippen molar-refractivity contribution in [3.63, 3.8) is 0 Å². The van der Waals surface area contributed by atoms with Crippen molar-refractivity contribution in [2.75, 3.05) is 0 Å². The Labute approximate surface area is 161 Å². The summed E-state index contributed by atoms with van der Waals surface area (Å²) in [6.07, 6.45) is -19.4. The van der Waals surface area contributed by atoms with Gasteiger partial charge in [0.1, 0.15) is 0 Å².